The van der Waals surface area contributed by atoms with E-state index < -0.39 is 0 Å². The van der Waals surface area contributed by atoms with E-state index in [2.05, 4.69) is 202 Å². The molecule has 0 spiro atoms. The maximum absolute atomic E-state index is 2.45. The molecule has 1 aliphatic rings. The van der Waals surface area contributed by atoms with Crippen LogP contribution in [0.15, 0.2) is 188 Å². The van der Waals surface area contributed by atoms with Gasteiger partial charge in [-0.25, -0.2) is 0 Å². The monoisotopic (exact) mass is 653 g/mol. The van der Waals surface area contributed by atoms with Gasteiger partial charge in [0.2, 0.25) is 0 Å². The highest BCUT2D eigenvalue weighted by Crippen LogP contribution is 2.41. The van der Waals surface area contributed by atoms with Crippen molar-refractivity contribution in [3.63, 3.8) is 0 Å². The fraction of sp³-hybridized carbons (Fsp3) is 0.0417. The number of fused-ring (bicyclic) bond motifs is 6. The highest BCUT2D eigenvalue weighted by Gasteiger charge is 2.19. The number of benzene rings is 7. The predicted octanol–water partition coefficient (Wildman–Crippen LogP) is 13.1. The second-order valence-electron chi connectivity index (χ2n) is 13.3. The molecular weight excluding hydrogens is 619 g/mol. The molecule has 10 rings (SSSR count). The minimum atomic E-state index is 0.988. The fourth-order valence-corrected chi connectivity index (χ4v) is 8.09. The molecule has 3 heteroatoms. The smallest absolute Gasteiger partial charge is 0.0561 e. The summed E-state index contributed by atoms with van der Waals surface area (Å²) in [7, 11) is 0. The van der Waals surface area contributed by atoms with Gasteiger partial charge in [0.05, 0.1) is 22.1 Å². The molecule has 0 radical (unpaired) electrons. The lowest BCUT2D eigenvalue weighted by atomic mass is 9.95. The molecule has 0 fully saturated rings. The average molecular weight is 654 g/mol. The summed E-state index contributed by atoms with van der Waals surface area (Å²) < 4.78 is 4.84. The first kappa shape index (κ1) is 29.3. The van der Waals surface area contributed by atoms with Gasteiger partial charge in [-0.3, -0.25) is 0 Å². The molecule has 0 saturated heterocycles. The van der Waals surface area contributed by atoms with E-state index in [4.69, 9.17) is 0 Å². The molecule has 0 unspecified atom stereocenters. The molecular formula is C48H35N3. The summed E-state index contributed by atoms with van der Waals surface area (Å²) in [5, 5.41) is 5.12. The van der Waals surface area contributed by atoms with Gasteiger partial charge in [0.25, 0.3) is 0 Å². The van der Waals surface area contributed by atoms with Gasteiger partial charge in [-0.15, -0.1) is 0 Å². The molecule has 51 heavy (non-hydrogen) atoms. The molecule has 7 aromatic carbocycles. The van der Waals surface area contributed by atoms with Gasteiger partial charge >= 0.3 is 0 Å². The SMILES string of the molecule is C1=C(c2ccc(N(c3ccccc3)c3ccc4c5ccccc5n(-c5ccccc5)c4c3)cc2)CCC(n2c3ccccc3c3ccccc32)=C1. The molecule has 1 aliphatic carbocycles. The number of allylic oxidation sites excluding steroid dienone is 4. The van der Waals surface area contributed by atoms with Crippen LogP contribution < -0.4 is 4.90 Å². The van der Waals surface area contributed by atoms with Gasteiger partial charge in [-0.2, -0.15) is 0 Å². The van der Waals surface area contributed by atoms with Crippen LogP contribution in [-0.4, -0.2) is 9.13 Å². The Morgan fingerprint density at radius 1 is 0.373 bits per heavy atom. The van der Waals surface area contributed by atoms with Crippen LogP contribution in [0.1, 0.15) is 18.4 Å². The lowest BCUT2D eigenvalue weighted by Gasteiger charge is -2.26. The first-order chi connectivity index (χ1) is 25.3. The molecule has 9 aromatic rings. The molecule has 2 heterocycles. The Hall–Kier alpha value is -6.58. The summed E-state index contributed by atoms with van der Waals surface area (Å²) in [4.78, 5) is 2.37. The van der Waals surface area contributed by atoms with Crippen LogP contribution >= 0.6 is 0 Å². The maximum atomic E-state index is 2.45. The molecule has 3 nitrogen and oxygen atoms in total. The zero-order valence-corrected chi connectivity index (χ0v) is 28.2. The van der Waals surface area contributed by atoms with Crippen molar-refractivity contribution in [2.45, 2.75) is 12.8 Å². The van der Waals surface area contributed by atoms with E-state index in [1.807, 2.05) is 0 Å². The summed E-state index contributed by atoms with van der Waals surface area (Å²) in [5.41, 5.74) is 13.5. The summed E-state index contributed by atoms with van der Waals surface area (Å²) in [6.45, 7) is 0. The summed E-state index contributed by atoms with van der Waals surface area (Å²) in [5.74, 6) is 0. The number of hydrogen-bond donors (Lipinski definition) is 0. The summed E-state index contributed by atoms with van der Waals surface area (Å²) >= 11 is 0. The quantitative estimate of drug-likeness (QED) is 0.174. The van der Waals surface area contributed by atoms with E-state index in [1.165, 1.54) is 60.4 Å². The van der Waals surface area contributed by atoms with Crippen molar-refractivity contribution >= 4 is 71.9 Å². The Labute approximate surface area is 297 Å². The summed E-state index contributed by atoms with van der Waals surface area (Å²) in [6.07, 6.45) is 6.63. The van der Waals surface area contributed by atoms with Crippen LogP contribution in [0.3, 0.4) is 0 Å². The molecule has 0 amide bonds. The molecule has 0 bridgehead atoms. The van der Waals surface area contributed by atoms with Gasteiger partial charge in [0.15, 0.2) is 0 Å². The van der Waals surface area contributed by atoms with Crippen molar-refractivity contribution in [3.8, 4) is 5.69 Å². The minimum Gasteiger partial charge on any atom is -0.313 e. The van der Waals surface area contributed by atoms with Crippen LogP contribution in [0.4, 0.5) is 17.1 Å². The third kappa shape index (κ3) is 4.89. The standard InChI is InChI=1S/C48H35N3/c1-3-13-36(14-4-1)49(40-31-32-44-43-19-9-12-22-47(43)51(48(44)33-40)37-15-5-2-6-16-37)38-27-23-34(24-28-38)35-25-29-39(30-26-35)50-45-20-10-7-17-41(45)42-18-8-11-21-46(42)50/h1-25,27-29,31-33H,26,30H2. The zero-order valence-electron chi connectivity index (χ0n) is 28.2. The normalized spacial score (nSPS) is 13.2. The van der Waals surface area contributed by atoms with Crippen molar-refractivity contribution in [2.75, 3.05) is 4.90 Å². The maximum Gasteiger partial charge on any atom is 0.0561 e. The lowest BCUT2D eigenvalue weighted by Crippen LogP contribution is -2.10. The van der Waals surface area contributed by atoms with Crippen molar-refractivity contribution < 1.29 is 0 Å². The van der Waals surface area contributed by atoms with E-state index in [9.17, 15) is 0 Å². The number of aromatic nitrogens is 2. The Kier molecular flexibility index (Phi) is 6.95. The third-order valence-electron chi connectivity index (χ3n) is 10.4. The Morgan fingerprint density at radius 3 is 1.49 bits per heavy atom. The van der Waals surface area contributed by atoms with Crippen LogP contribution in [0.25, 0.3) is 60.6 Å². The lowest BCUT2D eigenvalue weighted by molar-refractivity contribution is 0.992. The van der Waals surface area contributed by atoms with E-state index in [0.717, 1.165) is 35.6 Å². The van der Waals surface area contributed by atoms with E-state index in [1.54, 1.807) is 0 Å². The number of nitrogens with zero attached hydrogens (tertiary/aromatic N) is 3. The topological polar surface area (TPSA) is 13.1 Å². The fourth-order valence-electron chi connectivity index (χ4n) is 8.09. The Morgan fingerprint density at radius 2 is 0.882 bits per heavy atom. The van der Waals surface area contributed by atoms with Crippen LogP contribution in [0, 0.1) is 0 Å². The number of hydrogen-bond acceptors (Lipinski definition) is 1. The molecule has 0 saturated carbocycles. The summed E-state index contributed by atoms with van der Waals surface area (Å²) in [6, 6.07) is 63.6. The largest absolute Gasteiger partial charge is 0.313 e. The molecule has 2 aromatic heterocycles. The van der Waals surface area contributed by atoms with Crippen molar-refractivity contribution in [3.05, 3.63) is 194 Å². The average Bonchev–Trinajstić information content (AvgIpc) is 3.72. The third-order valence-corrected chi connectivity index (χ3v) is 10.4. The minimum absolute atomic E-state index is 0.988. The zero-order chi connectivity index (χ0) is 33.7. The van der Waals surface area contributed by atoms with Gasteiger partial charge in [0, 0.05) is 50.0 Å². The van der Waals surface area contributed by atoms with Gasteiger partial charge in [-0.05, 0) is 96.8 Å². The second kappa shape index (κ2) is 12.1. The van der Waals surface area contributed by atoms with Crippen LogP contribution in [-0.2, 0) is 0 Å². The molecule has 0 N–H and O–H groups in total. The van der Waals surface area contributed by atoms with Gasteiger partial charge in [0.1, 0.15) is 0 Å². The first-order valence-corrected chi connectivity index (χ1v) is 17.7. The number of anilines is 3. The molecule has 0 aliphatic heterocycles. The van der Waals surface area contributed by atoms with Gasteiger partial charge < -0.3 is 14.0 Å². The highest BCUT2D eigenvalue weighted by molar-refractivity contribution is 6.11. The Balaban J connectivity index is 1.04. The van der Waals surface area contributed by atoms with Crippen molar-refractivity contribution in [1.29, 1.82) is 0 Å². The van der Waals surface area contributed by atoms with E-state index in [0.29, 0.717) is 0 Å². The van der Waals surface area contributed by atoms with Gasteiger partial charge in [-0.1, -0.05) is 115 Å². The van der Waals surface area contributed by atoms with Crippen molar-refractivity contribution in [1.82, 2.24) is 9.13 Å². The Bertz CT molecular complexity index is 2730. The number of para-hydroxylation sites is 5. The second-order valence-corrected chi connectivity index (χ2v) is 13.3. The molecule has 0 atom stereocenters. The first-order valence-electron chi connectivity index (χ1n) is 17.7. The van der Waals surface area contributed by atoms with Crippen LogP contribution in [0.5, 0.6) is 0 Å². The number of rotatable bonds is 6. The van der Waals surface area contributed by atoms with E-state index >= 15 is 0 Å². The molecule has 242 valence electrons. The van der Waals surface area contributed by atoms with E-state index in [-0.39, 0.29) is 0 Å². The predicted molar refractivity (Wildman–Crippen MR) is 216 cm³/mol. The highest BCUT2D eigenvalue weighted by atomic mass is 15.1. The van der Waals surface area contributed by atoms with Crippen molar-refractivity contribution in [2.24, 2.45) is 0 Å². The van der Waals surface area contributed by atoms with Crippen LogP contribution in [0.2, 0.25) is 0 Å².